The summed E-state index contributed by atoms with van der Waals surface area (Å²) in [5.41, 5.74) is 0. The molecule has 2 amide bonds. The molecule has 4 heteroatoms. The van der Waals surface area contributed by atoms with Crippen molar-refractivity contribution in [3.8, 4) is 0 Å². The van der Waals surface area contributed by atoms with E-state index < -0.39 is 0 Å². The highest BCUT2D eigenvalue weighted by molar-refractivity contribution is 5.74. The number of rotatable bonds is 0. The predicted molar refractivity (Wildman–Crippen MR) is 64.4 cm³/mol. The maximum atomic E-state index is 12.2. The lowest BCUT2D eigenvalue weighted by atomic mass is 10.0. The van der Waals surface area contributed by atoms with Gasteiger partial charge >= 0.3 is 6.03 Å². The Morgan fingerprint density at radius 1 is 1.06 bits per heavy atom. The van der Waals surface area contributed by atoms with Crippen molar-refractivity contribution in [3.63, 3.8) is 0 Å². The van der Waals surface area contributed by atoms with Crippen LogP contribution in [0.3, 0.4) is 0 Å². The molecule has 0 spiro atoms. The summed E-state index contributed by atoms with van der Waals surface area (Å²) in [4.78, 5) is 16.3. The molecule has 0 aliphatic carbocycles. The van der Waals surface area contributed by atoms with Crippen LogP contribution in [0.2, 0.25) is 0 Å². The Morgan fingerprint density at radius 3 is 2.50 bits per heavy atom. The lowest BCUT2D eigenvalue weighted by Gasteiger charge is -2.32. The van der Waals surface area contributed by atoms with Gasteiger partial charge in [-0.1, -0.05) is 6.92 Å². The number of carbonyl (C=O) groups excluding carboxylic acids is 1. The predicted octanol–water partition coefficient (Wildman–Crippen LogP) is 1.13. The first-order chi connectivity index (χ1) is 7.77. The Labute approximate surface area is 98.0 Å². The number of hydrogen-bond acceptors (Lipinski definition) is 2. The van der Waals surface area contributed by atoms with Crippen LogP contribution in [-0.4, -0.2) is 55.1 Å². The summed E-state index contributed by atoms with van der Waals surface area (Å²) in [5, 5.41) is 3.28. The van der Waals surface area contributed by atoms with Crippen molar-refractivity contribution >= 4 is 6.03 Å². The van der Waals surface area contributed by atoms with Gasteiger partial charge in [-0.05, 0) is 25.2 Å². The van der Waals surface area contributed by atoms with Crippen LogP contribution in [0.1, 0.15) is 26.2 Å². The summed E-state index contributed by atoms with van der Waals surface area (Å²) in [6.07, 6.45) is 3.60. The fraction of sp³-hybridized carbons (Fsp3) is 0.917. The molecule has 0 saturated carbocycles. The van der Waals surface area contributed by atoms with E-state index in [1.807, 2.05) is 4.90 Å². The van der Waals surface area contributed by atoms with E-state index in [2.05, 4.69) is 17.1 Å². The molecule has 2 fully saturated rings. The van der Waals surface area contributed by atoms with Gasteiger partial charge in [0.25, 0.3) is 0 Å². The van der Waals surface area contributed by atoms with Crippen molar-refractivity contribution in [1.29, 1.82) is 0 Å². The van der Waals surface area contributed by atoms with Gasteiger partial charge in [-0.3, -0.25) is 0 Å². The van der Waals surface area contributed by atoms with E-state index in [9.17, 15) is 4.79 Å². The average molecular weight is 225 g/mol. The SMILES string of the molecule is CC1CCCN(C(=O)N2CCNCC2)CC1. The van der Waals surface area contributed by atoms with Gasteiger partial charge in [0, 0.05) is 39.3 Å². The molecule has 2 aliphatic rings. The molecule has 0 bridgehead atoms. The number of hydrogen-bond donors (Lipinski definition) is 1. The highest BCUT2D eigenvalue weighted by Gasteiger charge is 2.24. The van der Waals surface area contributed by atoms with Crippen molar-refractivity contribution in [2.24, 2.45) is 5.92 Å². The molecule has 0 radical (unpaired) electrons. The van der Waals surface area contributed by atoms with E-state index in [0.717, 1.165) is 51.6 Å². The smallest absolute Gasteiger partial charge is 0.320 e. The van der Waals surface area contributed by atoms with Crippen molar-refractivity contribution in [1.82, 2.24) is 15.1 Å². The van der Waals surface area contributed by atoms with Crippen molar-refractivity contribution in [2.45, 2.75) is 26.2 Å². The quantitative estimate of drug-likeness (QED) is 0.671. The van der Waals surface area contributed by atoms with Gasteiger partial charge in [-0.25, -0.2) is 4.79 Å². The van der Waals surface area contributed by atoms with E-state index >= 15 is 0 Å². The second-order valence-corrected chi connectivity index (χ2v) is 5.04. The fourth-order valence-electron chi connectivity index (χ4n) is 2.51. The number of nitrogens with zero attached hydrogens (tertiary/aromatic N) is 2. The first-order valence-electron chi connectivity index (χ1n) is 6.52. The summed E-state index contributed by atoms with van der Waals surface area (Å²) < 4.78 is 0. The molecular formula is C12H23N3O. The van der Waals surface area contributed by atoms with E-state index in [1.54, 1.807) is 0 Å². The van der Waals surface area contributed by atoms with Crippen LogP contribution in [-0.2, 0) is 0 Å². The van der Waals surface area contributed by atoms with Crippen LogP contribution in [0, 0.1) is 5.92 Å². The summed E-state index contributed by atoms with van der Waals surface area (Å²) in [5.74, 6) is 0.779. The standard InChI is InChI=1S/C12H23N3O/c1-11-3-2-7-14(8-4-11)12(16)15-9-5-13-6-10-15/h11,13H,2-10H2,1H3. The first kappa shape index (κ1) is 11.7. The van der Waals surface area contributed by atoms with Gasteiger partial charge in [-0.2, -0.15) is 0 Å². The molecule has 1 unspecified atom stereocenters. The third-order valence-electron chi connectivity index (χ3n) is 3.67. The molecule has 1 atom stereocenters. The van der Waals surface area contributed by atoms with Crippen LogP contribution < -0.4 is 5.32 Å². The minimum Gasteiger partial charge on any atom is -0.325 e. The second-order valence-electron chi connectivity index (χ2n) is 5.04. The lowest BCUT2D eigenvalue weighted by molar-refractivity contribution is 0.148. The van der Waals surface area contributed by atoms with Crippen molar-refractivity contribution in [3.05, 3.63) is 0 Å². The average Bonchev–Trinajstić information content (AvgIpc) is 2.54. The van der Waals surface area contributed by atoms with Crippen LogP contribution in [0.15, 0.2) is 0 Å². The monoisotopic (exact) mass is 225 g/mol. The zero-order valence-electron chi connectivity index (χ0n) is 10.2. The largest absolute Gasteiger partial charge is 0.325 e. The summed E-state index contributed by atoms with van der Waals surface area (Å²) >= 11 is 0. The number of urea groups is 1. The van der Waals surface area contributed by atoms with E-state index in [-0.39, 0.29) is 6.03 Å². The molecule has 1 N–H and O–H groups in total. The Hall–Kier alpha value is -0.770. The van der Waals surface area contributed by atoms with Gasteiger partial charge in [0.1, 0.15) is 0 Å². The number of piperazine rings is 1. The third kappa shape index (κ3) is 2.88. The topological polar surface area (TPSA) is 35.6 Å². The number of nitrogens with one attached hydrogen (secondary N) is 1. The normalized spacial score (nSPS) is 27.7. The first-order valence-corrected chi connectivity index (χ1v) is 6.52. The molecule has 92 valence electrons. The lowest BCUT2D eigenvalue weighted by Crippen LogP contribution is -2.51. The molecule has 0 aromatic rings. The van der Waals surface area contributed by atoms with Gasteiger partial charge in [0.15, 0.2) is 0 Å². The van der Waals surface area contributed by atoms with Crippen LogP contribution in [0.5, 0.6) is 0 Å². The van der Waals surface area contributed by atoms with Crippen molar-refractivity contribution in [2.75, 3.05) is 39.3 Å². The van der Waals surface area contributed by atoms with Crippen LogP contribution in [0.25, 0.3) is 0 Å². The highest BCUT2D eigenvalue weighted by Crippen LogP contribution is 2.17. The van der Waals surface area contributed by atoms with Gasteiger partial charge < -0.3 is 15.1 Å². The Morgan fingerprint density at radius 2 is 1.75 bits per heavy atom. The number of likely N-dealkylation sites (tertiary alicyclic amines) is 1. The Balaban J connectivity index is 1.87. The minimum atomic E-state index is 0.260. The molecule has 2 aliphatic heterocycles. The van der Waals surface area contributed by atoms with Gasteiger partial charge in [0.05, 0.1) is 0 Å². The summed E-state index contributed by atoms with van der Waals surface area (Å²) in [6.45, 7) is 7.80. The molecule has 2 saturated heterocycles. The molecule has 2 heterocycles. The zero-order valence-corrected chi connectivity index (χ0v) is 10.2. The van der Waals surface area contributed by atoms with Gasteiger partial charge in [-0.15, -0.1) is 0 Å². The van der Waals surface area contributed by atoms with Crippen LogP contribution in [0.4, 0.5) is 4.79 Å². The highest BCUT2D eigenvalue weighted by atomic mass is 16.2. The molecule has 0 aromatic heterocycles. The minimum absolute atomic E-state index is 0.260. The van der Waals surface area contributed by atoms with E-state index in [1.165, 1.54) is 12.8 Å². The fourth-order valence-corrected chi connectivity index (χ4v) is 2.51. The zero-order chi connectivity index (χ0) is 11.4. The van der Waals surface area contributed by atoms with E-state index in [0.29, 0.717) is 0 Å². The Kier molecular flexibility index (Phi) is 4.04. The second kappa shape index (κ2) is 5.53. The molecule has 0 aromatic carbocycles. The molecular weight excluding hydrogens is 202 g/mol. The molecule has 16 heavy (non-hydrogen) atoms. The number of amides is 2. The van der Waals surface area contributed by atoms with Gasteiger partial charge in [0.2, 0.25) is 0 Å². The third-order valence-corrected chi connectivity index (χ3v) is 3.67. The summed E-state index contributed by atoms with van der Waals surface area (Å²) in [6, 6.07) is 0.260. The summed E-state index contributed by atoms with van der Waals surface area (Å²) in [7, 11) is 0. The van der Waals surface area contributed by atoms with Crippen molar-refractivity contribution < 1.29 is 4.79 Å². The number of carbonyl (C=O) groups is 1. The van der Waals surface area contributed by atoms with E-state index in [4.69, 9.17) is 0 Å². The Bertz CT molecular complexity index is 238. The van der Waals surface area contributed by atoms with Crippen LogP contribution >= 0.6 is 0 Å². The maximum absolute atomic E-state index is 12.2. The maximum Gasteiger partial charge on any atom is 0.320 e. The molecule has 4 nitrogen and oxygen atoms in total. The molecule has 2 rings (SSSR count).